The number of hydrogen-bond donors (Lipinski definition) is 2. The molecule has 0 saturated carbocycles. The summed E-state index contributed by atoms with van der Waals surface area (Å²) in [7, 11) is 1.60. The van der Waals surface area contributed by atoms with Crippen molar-refractivity contribution in [2.75, 3.05) is 7.11 Å². The molecule has 0 saturated heterocycles. The predicted molar refractivity (Wildman–Crippen MR) is 113 cm³/mol. The molecule has 2 N–H and O–H groups in total. The zero-order valence-electron chi connectivity index (χ0n) is 16.2. The van der Waals surface area contributed by atoms with Gasteiger partial charge >= 0.3 is 5.97 Å². The van der Waals surface area contributed by atoms with Gasteiger partial charge in [0.15, 0.2) is 5.69 Å². The summed E-state index contributed by atoms with van der Waals surface area (Å²) in [5.41, 5.74) is 2.69. The third-order valence-electron chi connectivity index (χ3n) is 4.74. The van der Waals surface area contributed by atoms with E-state index in [4.69, 9.17) is 9.47 Å². The summed E-state index contributed by atoms with van der Waals surface area (Å²) in [5.74, 6) is -0.269. The molecule has 1 aromatic heterocycles. The number of carboxylic acids is 1. The Morgan fingerprint density at radius 2 is 1.70 bits per heavy atom. The summed E-state index contributed by atoms with van der Waals surface area (Å²) in [5, 5.41) is 20.2. The summed E-state index contributed by atoms with van der Waals surface area (Å²) in [6.07, 6.45) is 0. The molecule has 0 radical (unpaired) electrons. The second-order valence-corrected chi connectivity index (χ2v) is 6.71. The number of fused-ring (bicyclic) bond motifs is 1. The van der Waals surface area contributed by atoms with Gasteiger partial charge in [-0.1, -0.05) is 42.5 Å². The van der Waals surface area contributed by atoms with E-state index < -0.39 is 5.97 Å². The molecule has 0 bridgehead atoms. The van der Waals surface area contributed by atoms with Crippen LogP contribution in [0.3, 0.4) is 0 Å². The summed E-state index contributed by atoms with van der Waals surface area (Å²) in [6, 6.07) is 21.8. The second-order valence-electron chi connectivity index (χ2n) is 6.71. The van der Waals surface area contributed by atoms with Crippen molar-refractivity contribution in [2.45, 2.75) is 6.61 Å². The fraction of sp³-hybridized carbons (Fsp3) is 0.0833. The topological polar surface area (TPSA) is 88.9 Å². The number of rotatable bonds is 6. The number of aromatic hydroxyl groups is 1. The highest BCUT2D eigenvalue weighted by atomic mass is 16.5. The van der Waals surface area contributed by atoms with Gasteiger partial charge in [-0.3, -0.25) is 0 Å². The monoisotopic (exact) mass is 401 g/mol. The van der Waals surface area contributed by atoms with E-state index in [1.807, 2.05) is 54.6 Å². The van der Waals surface area contributed by atoms with Crippen LogP contribution in [0.4, 0.5) is 0 Å². The van der Waals surface area contributed by atoms with Crippen LogP contribution in [0, 0.1) is 0 Å². The lowest BCUT2D eigenvalue weighted by atomic mass is 10.0. The minimum Gasteiger partial charge on any atom is -0.507 e. The quantitative estimate of drug-likeness (QED) is 0.478. The second kappa shape index (κ2) is 8.13. The molecule has 0 atom stereocenters. The van der Waals surface area contributed by atoms with Crippen LogP contribution in [0.5, 0.6) is 17.2 Å². The van der Waals surface area contributed by atoms with Gasteiger partial charge in [0, 0.05) is 11.5 Å². The predicted octanol–water partition coefficient (Wildman–Crippen LogP) is 4.89. The standard InChI is InChI=1S/C24H19NO5/c1-29-18-9-7-16(8-10-18)17-11-19-21(26)13-20(24(27)28)25-23(19)22(12-17)30-14-15-5-3-2-4-6-15/h2-13H,14H2,1H3,(H,25,26)(H,27,28). The molecule has 0 aliphatic heterocycles. The molecule has 6 nitrogen and oxygen atoms in total. The van der Waals surface area contributed by atoms with Crippen molar-refractivity contribution in [1.82, 2.24) is 4.98 Å². The van der Waals surface area contributed by atoms with Gasteiger partial charge in [0.25, 0.3) is 0 Å². The van der Waals surface area contributed by atoms with Gasteiger partial charge in [-0.25, -0.2) is 9.78 Å². The maximum Gasteiger partial charge on any atom is 0.354 e. The lowest BCUT2D eigenvalue weighted by molar-refractivity contribution is 0.0690. The van der Waals surface area contributed by atoms with Crippen molar-refractivity contribution in [1.29, 1.82) is 0 Å². The lowest BCUT2D eigenvalue weighted by Crippen LogP contribution is -2.02. The maximum absolute atomic E-state index is 11.4. The molecule has 150 valence electrons. The highest BCUT2D eigenvalue weighted by molar-refractivity contribution is 5.97. The average Bonchev–Trinajstić information content (AvgIpc) is 2.78. The zero-order chi connectivity index (χ0) is 21.1. The number of pyridine rings is 1. The number of hydrogen-bond acceptors (Lipinski definition) is 5. The van der Waals surface area contributed by atoms with Crippen molar-refractivity contribution in [3.05, 3.63) is 84.1 Å². The van der Waals surface area contributed by atoms with Crippen LogP contribution in [0.2, 0.25) is 0 Å². The zero-order valence-corrected chi connectivity index (χ0v) is 16.2. The van der Waals surface area contributed by atoms with Crippen molar-refractivity contribution < 1.29 is 24.5 Å². The van der Waals surface area contributed by atoms with E-state index in [0.29, 0.717) is 16.7 Å². The van der Waals surface area contributed by atoms with Crippen LogP contribution in [-0.2, 0) is 6.61 Å². The van der Waals surface area contributed by atoms with Crippen molar-refractivity contribution in [3.63, 3.8) is 0 Å². The highest BCUT2D eigenvalue weighted by Gasteiger charge is 2.16. The van der Waals surface area contributed by atoms with Crippen molar-refractivity contribution >= 4 is 16.9 Å². The van der Waals surface area contributed by atoms with E-state index in [1.165, 1.54) is 0 Å². The van der Waals surface area contributed by atoms with Gasteiger partial charge in [-0.2, -0.15) is 0 Å². The Balaban J connectivity index is 1.84. The van der Waals surface area contributed by atoms with Gasteiger partial charge in [0.05, 0.1) is 7.11 Å². The summed E-state index contributed by atoms with van der Waals surface area (Å²) in [4.78, 5) is 15.6. The Bertz CT molecular complexity index is 1200. The Labute approximate surface area is 173 Å². The molecule has 3 aromatic carbocycles. The van der Waals surface area contributed by atoms with Crippen LogP contribution >= 0.6 is 0 Å². The van der Waals surface area contributed by atoms with Crippen LogP contribution in [0.15, 0.2) is 72.8 Å². The summed E-state index contributed by atoms with van der Waals surface area (Å²) < 4.78 is 11.2. The van der Waals surface area contributed by atoms with Gasteiger partial charge in [0.2, 0.25) is 0 Å². The van der Waals surface area contributed by atoms with E-state index in [2.05, 4.69) is 4.98 Å². The van der Waals surface area contributed by atoms with Crippen LogP contribution in [-0.4, -0.2) is 28.3 Å². The first-order valence-electron chi connectivity index (χ1n) is 9.27. The van der Waals surface area contributed by atoms with Gasteiger partial charge in [0.1, 0.15) is 29.4 Å². The fourth-order valence-corrected chi connectivity index (χ4v) is 3.18. The van der Waals surface area contributed by atoms with Crippen LogP contribution < -0.4 is 9.47 Å². The van der Waals surface area contributed by atoms with Crippen molar-refractivity contribution in [3.8, 4) is 28.4 Å². The molecule has 0 spiro atoms. The van der Waals surface area contributed by atoms with Crippen LogP contribution in [0.25, 0.3) is 22.0 Å². The third-order valence-corrected chi connectivity index (χ3v) is 4.74. The number of aromatic nitrogens is 1. The van der Waals surface area contributed by atoms with E-state index in [1.54, 1.807) is 19.2 Å². The first-order chi connectivity index (χ1) is 14.5. The number of benzene rings is 3. The molecule has 0 aliphatic rings. The minimum absolute atomic E-state index is 0.169. The number of carbonyl (C=O) groups is 1. The smallest absolute Gasteiger partial charge is 0.354 e. The Kier molecular flexibility index (Phi) is 5.22. The number of methoxy groups -OCH3 is 1. The molecule has 0 aliphatic carbocycles. The SMILES string of the molecule is COc1ccc(-c2cc(OCc3ccccc3)c3nc(C(=O)O)cc(O)c3c2)cc1. The first kappa shape index (κ1) is 19.3. The Morgan fingerprint density at radius 1 is 0.967 bits per heavy atom. The first-order valence-corrected chi connectivity index (χ1v) is 9.27. The lowest BCUT2D eigenvalue weighted by Gasteiger charge is -2.13. The number of nitrogens with zero attached hydrogens (tertiary/aromatic N) is 1. The molecular formula is C24H19NO5. The van der Waals surface area contributed by atoms with Crippen LogP contribution in [0.1, 0.15) is 16.1 Å². The number of ether oxygens (including phenoxy) is 2. The maximum atomic E-state index is 11.4. The van der Waals surface area contributed by atoms with Gasteiger partial charge < -0.3 is 19.7 Å². The molecule has 0 unspecified atom stereocenters. The minimum atomic E-state index is -1.22. The molecule has 4 rings (SSSR count). The highest BCUT2D eigenvalue weighted by Crippen LogP contribution is 2.37. The van der Waals surface area contributed by atoms with E-state index in [9.17, 15) is 15.0 Å². The summed E-state index contributed by atoms with van der Waals surface area (Å²) in [6.45, 7) is 0.280. The van der Waals surface area contributed by atoms with E-state index in [-0.39, 0.29) is 18.1 Å². The molecule has 0 amide bonds. The van der Waals surface area contributed by atoms with Gasteiger partial charge in [-0.05, 0) is 41.0 Å². The summed E-state index contributed by atoms with van der Waals surface area (Å²) >= 11 is 0. The van der Waals surface area contributed by atoms with E-state index >= 15 is 0 Å². The average molecular weight is 401 g/mol. The molecule has 1 heterocycles. The number of aromatic carboxylic acids is 1. The van der Waals surface area contributed by atoms with E-state index in [0.717, 1.165) is 28.5 Å². The fourth-order valence-electron chi connectivity index (χ4n) is 3.18. The Hall–Kier alpha value is -4.06. The molecule has 0 fully saturated rings. The normalized spacial score (nSPS) is 10.7. The largest absolute Gasteiger partial charge is 0.507 e. The third kappa shape index (κ3) is 3.89. The van der Waals surface area contributed by atoms with Crippen molar-refractivity contribution in [2.24, 2.45) is 0 Å². The molecular weight excluding hydrogens is 382 g/mol. The molecule has 4 aromatic rings. The number of carboxylic acid groups (broad SMARTS) is 1. The molecule has 6 heteroatoms. The Morgan fingerprint density at radius 3 is 2.37 bits per heavy atom. The van der Waals surface area contributed by atoms with Gasteiger partial charge in [-0.15, -0.1) is 0 Å². The molecule has 30 heavy (non-hydrogen) atoms.